The highest BCUT2D eigenvalue weighted by Gasteiger charge is 2.06. The first-order valence-corrected chi connectivity index (χ1v) is 4.58. The SMILES string of the molecule is Cc1cc(Cl)c(F)c(CCCO)c1. The molecule has 0 aliphatic heterocycles. The number of hydrogen-bond acceptors (Lipinski definition) is 1. The number of aliphatic hydroxyl groups excluding tert-OH is 1. The van der Waals surface area contributed by atoms with Crippen LogP contribution >= 0.6 is 11.6 Å². The first kappa shape index (κ1) is 10.5. The van der Waals surface area contributed by atoms with Crippen molar-refractivity contribution >= 4 is 11.6 Å². The quantitative estimate of drug-likeness (QED) is 0.799. The molecule has 13 heavy (non-hydrogen) atoms. The van der Waals surface area contributed by atoms with Gasteiger partial charge in [-0.25, -0.2) is 4.39 Å². The van der Waals surface area contributed by atoms with Crippen molar-refractivity contribution in [1.29, 1.82) is 0 Å². The average molecular weight is 203 g/mol. The summed E-state index contributed by atoms with van der Waals surface area (Å²) in [5.41, 5.74) is 1.53. The van der Waals surface area contributed by atoms with Gasteiger partial charge in [0.1, 0.15) is 5.82 Å². The molecule has 0 atom stereocenters. The fourth-order valence-corrected chi connectivity index (χ4v) is 1.54. The summed E-state index contributed by atoms with van der Waals surface area (Å²) in [5.74, 6) is -0.360. The van der Waals surface area contributed by atoms with Crippen LogP contribution in [0.25, 0.3) is 0 Å². The smallest absolute Gasteiger partial charge is 0.144 e. The maximum absolute atomic E-state index is 13.3. The molecule has 1 N–H and O–H groups in total. The van der Waals surface area contributed by atoms with Crippen molar-refractivity contribution in [3.8, 4) is 0 Å². The third kappa shape index (κ3) is 2.68. The van der Waals surface area contributed by atoms with Crippen LogP contribution < -0.4 is 0 Å². The molecule has 0 unspecified atom stereocenters. The van der Waals surface area contributed by atoms with Gasteiger partial charge in [-0.3, -0.25) is 0 Å². The van der Waals surface area contributed by atoms with Crippen LogP contribution in [0, 0.1) is 12.7 Å². The second kappa shape index (κ2) is 4.58. The normalized spacial score (nSPS) is 10.5. The van der Waals surface area contributed by atoms with E-state index in [0.717, 1.165) is 5.56 Å². The largest absolute Gasteiger partial charge is 0.396 e. The van der Waals surface area contributed by atoms with Crippen LogP contribution in [0.5, 0.6) is 0 Å². The lowest BCUT2D eigenvalue weighted by Gasteiger charge is -2.05. The van der Waals surface area contributed by atoms with Gasteiger partial charge >= 0.3 is 0 Å². The van der Waals surface area contributed by atoms with E-state index in [1.54, 1.807) is 12.1 Å². The van der Waals surface area contributed by atoms with Crippen molar-refractivity contribution in [3.05, 3.63) is 34.1 Å². The second-order valence-corrected chi connectivity index (χ2v) is 3.45. The standard InChI is InChI=1S/C10H12ClFO/c1-7-5-8(3-2-4-13)10(12)9(11)6-7/h5-6,13H,2-4H2,1H3. The minimum Gasteiger partial charge on any atom is -0.396 e. The Morgan fingerprint density at radius 3 is 2.77 bits per heavy atom. The molecule has 1 nitrogen and oxygen atoms in total. The predicted molar refractivity (Wildman–Crippen MR) is 51.6 cm³/mol. The highest BCUT2D eigenvalue weighted by molar-refractivity contribution is 6.30. The molecule has 0 spiro atoms. The molecule has 0 bridgehead atoms. The molecule has 0 aliphatic rings. The summed E-state index contributed by atoms with van der Waals surface area (Å²) >= 11 is 5.66. The Labute approximate surface area is 82.2 Å². The maximum atomic E-state index is 13.3. The van der Waals surface area contributed by atoms with Crippen molar-refractivity contribution in [2.24, 2.45) is 0 Å². The third-order valence-corrected chi connectivity index (χ3v) is 2.13. The Kier molecular flexibility index (Phi) is 3.70. The van der Waals surface area contributed by atoms with E-state index in [2.05, 4.69) is 0 Å². The van der Waals surface area contributed by atoms with Crippen molar-refractivity contribution in [2.75, 3.05) is 6.61 Å². The third-order valence-electron chi connectivity index (χ3n) is 1.85. The zero-order chi connectivity index (χ0) is 9.84. The van der Waals surface area contributed by atoms with E-state index in [1.807, 2.05) is 6.92 Å². The molecule has 1 aromatic carbocycles. The first-order chi connectivity index (χ1) is 6.15. The lowest BCUT2D eigenvalue weighted by molar-refractivity contribution is 0.288. The van der Waals surface area contributed by atoms with Crippen LogP contribution in [0.15, 0.2) is 12.1 Å². The van der Waals surface area contributed by atoms with Crippen LogP contribution in [0.4, 0.5) is 4.39 Å². The fraction of sp³-hybridized carbons (Fsp3) is 0.400. The van der Waals surface area contributed by atoms with E-state index in [4.69, 9.17) is 16.7 Å². The summed E-state index contributed by atoms with van der Waals surface area (Å²) in [7, 11) is 0. The Hall–Kier alpha value is -0.600. The molecule has 0 aliphatic carbocycles. The summed E-state index contributed by atoms with van der Waals surface area (Å²) in [4.78, 5) is 0. The van der Waals surface area contributed by atoms with Crippen molar-refractivity contribution in [2.45, 2.75) is 19.8 Å². The zero-order valence-electron chi connectivity index (χ0n) is 7.48. The van der Waals surface area contributed by atoms with E-state index >= 15 is 0 Å². The van der Waals surface area contributed by atoms with Gasteiger partial charge in [-0.15, -0.1) is 0 Å². The molecule has 0 fully saturated rings. The summed E-state index contributed by atoms with van der Waals surface area (Å²) in [6.45, 7) is 1.94. The topological polar surface area (TPSA) is 20.2 Å². The van der Waals surface area contributed by atoms with Gasteiger partial charge in [0.05, 0.1) is 5.02 Å². The molecule has 1 aromatic rings. The second-order valence-electron chi connectivity index (χ2n) is 3.05. The van der Waals surface area contributed by atoms with Gasteiger partial charge in [0.25, 0.3) is 0 Å². The average Bonchev–Trinajstić information content (AvgIpc) is 2.09. The molecule has 0 amide bonds. The first-order valence-electron chi connectivity index (χ1n) is 4.20. The molecule has 3 heteroatoms. The molecule has 0 saturated heterocycles. The summed E-state index contributed by atoms with van der Waals surface area (Å²) in [6.07, 6.45) is 1.10. The molecule has 0 aromatic heterocycles. The van der Waals surface area contributed by atoms with E-state index < -0.39 is 0 Å². The summed E-state index contributed by atoms with van der Waals surface area (Å²) in [5, 5.41) is 8.76. The molecular weight excluding hydrogens is 191 g/mol. The zero-order valence-corrected chi connectivity index (χ0v) is 8.24. The Balaban J connectivity index is 2.92. The number of aryl methyl sites for hydroxylation is 2. The number of hydrogen-bond donors (Lipinski definition) is 1. The van der Waals surface area contributed by atoms with Crippen molar-refractivity contribution < 1.29 is 9.50 Å². The minimum atomic E-state index is -0.360. The van der Waals surface area contributed by atoms with Crippen LogP contribution in [-0.2, 0) is 6.42 Å². The van der Waals surface area contributed by atoms with E-state index in [-0.39, 0.29) is 17.4 Å². The van der Waals surface area contributed by atoms with Crippen molar-refractivity contribution in [1.82, 2.24) is 0 Å². The lowest BCUT2D eigenvalue weighted by Crippen LogP contribution is -1.95. The fourth-order valence-electron chi connectivity index (χ4n) is 1.25. The molecule has 1 rings (SSSR count). The molecule has 0 saturated carbocycles. The van der Waals surface area contributed by atoms with Gasteiger partial charge in [0, 0.05) is 6.61 Å². The number of benzene rings is 1. The Morgan fingerprint density at radius 1 is 1.46 bits per heavy atom. The van der Waals surface area contributed by atoms with Gasteiger partial charge < -0.3 is 5.11 Å². The highest BCUT2D eigenvalue weighted by atomic mass is 35.5. The van der Waals surface area contributed by atoms with Gasteiger partial charge in [-0.1, -0.05) is 17.7 Å². The molecule has 72 valence electrons. The van der Waals surface area contributed by atoms with Crippen LogP contribution in [-0.4, -0.2) is 11.7 Å². The van der Waals surface area contributed by atoms with Crippen LogP contribution in [0.2, 0.25) is 5.02 Å². The van der Waals surface area contributed by atoms with Crippen LogP contribution in [0.1, 0.15) is 17.5 Å². The molecular formula is C10H12ClFO. The molecule has 0 radical (unpaired) electrons. The molecule has 0 heterocycles. The van der Waals surface area contributed by atoms with E-state index in [1.165, 1.54) is 0 Å². The Morgan fingerprint density at radius 2 is 2.15 bits per heavy atom. The summed E-state index contributed by atoms with van der Waals surface area (Å²) in [6, 6.07) is 3.36. The number of rotatable bonds is 3. The van der Waals surface area contributed by atoms with Gasteiger partial charge in [-0.2, -0.15) is 0 Å². The van der Waals surface area contributed by atoms with Crippen molar-refractivity contribution in [3.63, 3.8) is 0 Å². The lowest BCUT2D eigenvalue weighted by atomic mass is 10.1. The number of aliphatic hydroxyl groups is 1. The predicted octanol–water partition coefficient (Wildman–Crippen LogP) is 2.71. The van der Waals surface area contributed by atoms with E-state index in [0.29, 0.717) is 18.4 Å². The van der Waals surface area contributed by atoms with Crippen LogP contribution in [0.3, 0.4) is 0 Å². The van der Waals surface area contributed by atoms with Gasteiger partial charge in [0.2, 0.25) is 0 Å². The van der Waals surface area contributed by atoms with E-state index in [9.17, 15) is 4.39 Å². The minimum absolute atomic E-state index is 0.0744. The summed E-state index contributed by atoms with van der Waals surface area (Å²) < 4.78 is 13.3. The van der Waals surface area contributed by atoms with Gasteiger partial charge in [0.15, 0.2) is 0 Å². The Bertz CT molecular complexity index is 299. The maximum Gasteiger partial charge on any atom is 0.144 e. The van der Waals surface area contributed by atoms with Gasteiger partial charge in [-0.05, 0) is 37.0 Å². The highest BCUT2D eigenvalue weighted by Crippen LogP contribution is 2.21. The number of halogens is 2. The monoisotopic (exact) mass is 202 g/mol.